The second-order valence-corrected chi connectivity index (χ2v) is 9.33. The molecule has 1 saturated heterocycles. The molecule has 1 aromatic heterocycles. The van der Waals surface area contributed by atoms with Crippen LogP contribution in [0.3, 0.4) is 0 Å². The molecule has 0 aliphatic carbocycles. The second-order valence-electron chi connectivity index (χ2n) is 9.33. The van der Waals surface area contributed by atoms with E-state index in [2.05, 4.69) is 32.2 Å². The molecule has 4 rings (SSSR count). The smallest absolute Gasteiger partial charge is 0.414 e. The summed E-state index contributed by atoms with van der Waals surface area (Å²) in [5.41, 5.74) is 2.50. The number of methoxy groups -OCH3 is 1. The molecule has 0 spiro atoms. The van der Waals surface area contributed by atoms with Gasteiger partial charge in [-0.2, -0.15) is 0 Å². The van der Waals surface area contributed by atoms with E-state index in [4.69, 9.17) is 34.0 Å². The van der Waals surface area contributed by atoms with E-state index in [-0.39, 0.29) is 12.5 Å². The Balaban J connectivity index is 0.000000765. The molecular weight excluding hydrogens is 563 g/mol. The number of fused-ring (bicyclic) bond motifs is 1. The Labute approximate surface area is 248 Å². The first-order valence-electron chi connectivity index (χ1n) is 13.7. The van der Waals surface area contributed by atoms with E-state index in [1.165, 1.54) is 0 Å². The Bertz CT molecular complexity index is 1360. The van der Waals surface area contributed by atoms with Crippen LogP contribution in [0.4, 0.5) is 10.1 Å². The summed E-state index contributed by atoms with van der Waals surface area (Å²) in [7, 11) is 1.71. The van der Waals surface area contributed by atoms with Gasteiger partial charge < -0.3 is 39.6 Å². The predicted octanol–water partition coefficient (Wildman–Crippen LogP) is 2.81. The Morgan fingerprint density at radius 2 is 1.72 bits per heavy atom. The van der Waals surface area contributed by atoms with E-state index in [1.807, 2.05) is 48.5 Å². The molecule has 0 unspecified atom stereocenters. The summed E-state index contributed by atoms with van der Waals surface area (Å²) in [4.78, 5) is 38.7. The molecule has 2 heterocycles. The predicted molar refractivity (Wildman–Crippen MR) is 159 cm³/mol. The number of carboxylic acid groups (broad SMARTS) is 2. The number of hydrogen-bond donors (Lipinski definition) is 4. The van der Waals surface area contributed by atoms with Crippen LogP contribution in [0.5, 0.6) is 11.5 Å². The number of carbonyl (C=O) groups is 3. The zero-order valence-electron chi connectivity index (χ0n) is 24.0. The van der Waals surface area contributed by atoms with Crippen molar-refractivity contribution in [1.29, 1.82) is 0 Å². The fourth-order valence-corrected chi connectivity index (χ4v) is 4.31. The van der Waals surface area contributed by atoms with Gasteiger partial charge in [0, 0.05) is 50.2 Å². The van der Waals surface area contributed by atoms with E-state index < -0.39 is 18.6 Å². The van der Waals surface area contributed by atoms with Gasteiger partial charge in [0.25, 0.3) is 5.91 Å². The van der Waals surface area contributed by atoms with Gasteiger partial charge in [0.2, 0.25) is 0 Å². The van der Waals surface area contributed by atoms with Crippen LogP contribution in [0.2, 0.25) is 0 Å². The van der Waals surface area contributed by atoms with Gasteiger partial charge in [-0.05, 0) is 36.4 Å². The van der Waals surface area contributed by atoms with Gasteiger partial charge in [0.05, 0.1) is 26.0 Å². The molecule has 3 aromatic rings. The van der Waals surface area contributed by atoms with E-state index in [0.29, 0.717) is 31.2 Å². The minimum absolute atomic E-state index is 0.0790. The van der Waals surface area contributed by atoms with E-state index in [1.54, 1.807) is 7.11 Å². The highest BCUT2D eigenvalue weighted by Gasteiger charge is 2.18. The number of carboxylic acids is 2. The van der Waals surface area contributed by atoms with Crippen molar-refractivity contribution in [2.24, 2.45) is 0 Å². The van der Waals surface area contributed by atoms with Crippen molar-refractivity contribution in [3.63, 3.8) is 0 Å². The molecule has 1 aliphatic heterocycles. The number of ether oxygens (including phenoxy) is 3. The van der Waals surface area contributed by atoms with Gasteiger partial charge >= 0.3 is 11.9 Å². The van der Waals surface area contributed by atoms with Gasteiger partial charge in [-0.25, -0.2) is 14.0 Å². The molecule has 0 radical (unpaired) electrons. The topological polar surface area (TPSA) is 154 Å². The van der Waals surface area contributed by atoms with Crippen LogP contribution in [0.25, 0.3) is 10.9 Å². The summed E-state index contributed by atoms with van der Waals surface area (Å²) in [5.74, 6) is -2.22. The zero-order chi connectivity index (χ0) is 31.0. The van der Waals surface area contributed by atoms with Crippen LogP contribution in [-0.2, 0) is 14.3 Å². The van der Waals surface area contributed by atoms with Gasteiger partial charge in [0.15, 0.2) is 0 Å². The van der Waals surface area contributed by atoms with Crippen LogP contribution in [0, 0.1) is 0 Å². The first-order valence-corrected chi connectivity index (χ1v) is 13.7. The highest BCUT2D eigenvalue weighted by molar-refractivity contribution is 6.27. The molecule has 13 heteroatoms. The van der Waals surface area contributed by atoms with E-state index in [0.717, 1.165) is 55.1 Å². The average molecular weight is 601 g/mol. The summed E-state index contributed by atoms with van der Waals surface area (Å²) in [6, 6.07) is 15.5. The first kappa shape index (κ1) is 32.9. The highest BCUT2D eigenvalue weighted by Crippen LogP contribution is 2.28. The molecule has 1 aliphatic rings. The number of nitrogens with one attached hydrogen (secondary N) is 2. The number of aromatic amines is 1. The molecule has 0 atom stereocenters. The number of carbonyl (C=O) groups excluding carboxylic acids is 1. The maximum Gasteiger partial charge on any atom is 0.414 e. The maximum atomic E-state index is 12.6. The quantitative estimate of drug-likeness (QED) is 0.131. The number of para-hydroxylation sites is 2. The second kappa shape index (κ2) is 17.4. The van der Waals surface area contributed by atoms with Crippen LogP contribution < -0.4 is 19.7 Å². The number of aliphatic carboxylic acids is 2. The maximum absolute atomic E-state index is 12.6. The summed E-state index contributed by atoms with van der Waals surface area (Å²) >= 11 is 0. The van der Waals surface area contributed by atoms with Crippen molar-refractivity contribution < 1.29 is 43.2 Å². The van der Waals surface area contributed by atoms with Crippen molar-refractivity contribution >= 4 is 34.4 Å². The molecule has 4 N–H and O–H groups in total. The van der Waals surface area contributed by atoms with Crippen LogP contribution in [-0.4, -0.2) is 111 Å². The van der Waals surface area contributed by atoms with Crippen LogP contribution in [0.1, 0.15) is 10.5 Å². The Morgan fingerprint density at radius 3 is 2.42 bits per heavy atom. The van der Waals surface area contributed by atoms with Gasteiger partial charge in [-0.1, -0.05) is 24.3 Å². The molecule has 232 valence electrons. The number of H-pyrrole nitrogens is 1. The molecule has 0 saturated carbocycles. The molecule has 1 amide bonds. The lowest BCUT2D eigenvalue weighted by atomic mass is 10.2. The van der Waals surface area contributed by atoms with E-state index >= 15 is 0 Å². The highest BCUT2D eigenvalue weighted by atomic mass is 19.1. The number of nitrogens with zero attached hydrogens (tertiary/aromatic N) is 2. The van der Waals surface area contributed by atoms with Gasteiger partial charge in [-0.3, -0.25) is 9.69 Å². The standard InChI is InChI=1S/C28H35FN4O4.C2H2O4/c1-35-27-7-3-2-6-26(27)33-15-13-32(14-16-33)12-5-4-11-30-28(34)25-21-22-20-23(8-9-24(22)31-25)37-19-18-36-17-10-29;3-1(4)2(5)6/h2-9,20-21,31H,10-19H2,1H3,(H,30,34);(H,3,4)(H,5,6)/b5-4+;. The number of alkyl halides is 1. The number of anilines is 1. The molecule has 12 nitrogen and oxygen atoms in total. The zero-order valence-corrected chi connectivity index (χ0v) is 24.0. The van der Waals surface area contributed by atoms with Gasteiger partial charge in [-0.15, -0.1) is 0 Å². The summed E-state index contributed by atoms with van der Waals surface area (Å²) in [5, 5.41) is 18.6. The average Bonchev–Trinajstić information content (AvgIpc) is 3.45. The summed E-state index contributed by atoms with van der Waals surface area (Å²) < 4.78 is 28.2. The minimum atomic E-state index is -1.82. The lowest BCUT2D eigenvalue weighted by Gasteiger charge is -2.36. The van der Waals surface area contributed by atoms with Crippen molar-refractivity contribution in [2.75, 3.05) is 77.8 Å². The normalized spacial score (nSPS) is 13.4. The number of aromatic nitrogens is 1. The van der Waals surface area contributed by atoms with E-state index in [9.17, 15) is 9.18 Å². The first-order chi connectivity index (χ1) is 20.8. The Kier molecular flexibility index (Phi) is 13.3. The third-order valence-electron chi connectivity index (χ3n) is 6.45. The summed E-state index contributed by atoms with van der Waals surface area (Å²) in [6.07, 6.45) is 4.09. The molecular formula is C30H37FN4O8. The number of amides is 1. The number of halogens is 1. The molecule has 2 aromatic carbocycles. The third-order valence-corrected chi connectivity index (χ3v) is 6.45. The number of benzene rings is 2. The van der Waals surface area contributed by atoms with Gasteiger partial charge in [0.1, 0.15) is 30.5 Å². The summed E-state index contributed by atoms with van der Waals surface area (Å²) in [6.45, 7) is 5.40. The molecule has 1 fully saturated rings. The number of rotatable bonds is 13. The van der Waals surface area contributed by atoms with Crippen molar-refractivity contribution in [2.45, 2.75) is 0 Å². The number of hydrogen-bond acceptors (Lipinski definition) is 8. The Hall–Kier alpha value is -4.62. The Morgan fingerprint density at radius 1 is 0.977 bits per heavy atom. The van der Waals surface area contributed by atoms with Crippen LogP contribution in [0.15, 0.2) is 60.7 Å². The molecule has 43 heavy (non-hydrogen) atoms. The van der Waals surface area contributed by atoms with Crippen molar-refractivity contribution in [3.05, 3.63) is 66.4 Å². The van der Waals surface area contributed by atoms with Crippen molar-refractivity contribution in [3.8, 4) is 11.5 Å². The monoisotopic (exact) mass is 600 g/mol. The van der Waals surface area contributed by atoms with Crippen LogP contribution >= 0.6 is 0 Å². The molecule has 0 bridgehead atoms. The minimum Gasteiger partial charge on any atom is -0.495 e. The van der Waals surface area contributed by atoms with Crippen molar-refractivity contribution in [1.82, 2.24) is 15.2 Å². The lowest BCUT2D eigenvalue weighted by Crippen LogP contribution is -2.46. The SMILES string of the molecule is COc1ccccc1N1CCN(C/C=C/CNC(=O)c2cc3cc(OCCOCCF)ccc3[nH]2)CC1.O=C(O)C(=O)O. The fraction of sp³-hybridized carbons (Fsp3) is 0.367. The largest absolute Gasteiger partial charge is 0.495 e. The third kappa shape index (κ3) is 10.6. The number of piperazine rings is 1. The fourth-order valence-electron chi connectivity index (χ4n) is 4.31. The lowest BCUT2D eigenvalue weighted by molar-refractivity contribution is -0.159.